The van der Waals surface area contributed by atoms with Crippen LogP contribution in [0, 0.1) is 20.2 Å². The van der Waals surface area contributed by atoms with Gasteiger partial charge in [0.25, 0.3) is 17.3 Å². The second-order valence-corrected chi connectivity index (χ2v) is 7.54. The van der Waals surface area contributed by atoms with Gasteiger partial charge < -0.3 is 15.4 Å². The zero-order chi connectivity index (χ0) is 26.5. The van der Waals surface area contributed by atoms with E-state index in [1.54, 1.807) is 18.2 Å². The molecule has 4 aromatic rings. The Morgan fingerprint density at radius 1 is 0.919 bits per heavy atom. The summed E-state index contributed by atoms with van der Waals surface area (Å²) in [6.45, 7) is 0. The van der Waals surface area contributed by atoms with Crippen molar-refractivity contribution in [3.63, 3.8) is 0 Å². The maximum atomic E-state index is 13.0. The smallest absolute Gasteiger partial charge is 0.311 e. The molecule has 2 amide bonds. The molecule has 37 heavy (non-hydrogen) atoms. The summed E-state index contributed by atoms with van der Waals surface area (Å²) in [6.07, 6.45) is 1.26. The number of H-pyrrole nitrogens is 1. The van der Waals surface area contributed by atoms with Crippen molar-refractivity contribution in [3.05, 3.63) is 110 Å². The maximum absolute atomic E-state index is 13.0. The topological polar surface area (TPSA) is 193 Å². The van der Waals surface area contributed by atoms with E-state index in [-0.39, 0.29) is 33.7 Å². The van der Waals surface area contributed by atoms with Gasteiger partial charge in [0.1, 0.15) is 5.70 Å². The molecule has 13 heteroatoms. The molecular formula is C24H16N6O7. The highest BCUT2D eigenvalue weighted by molar-refractivity contribution is 6.05. The van der Waals surface area contributed by atoms with Crippen LogP contribution in [0.2, 0.25) is 0 Å². The average Bonchev–Trinajstić information content (AvgIpc) is 3.21. The third kappa shape index (κ3) is 5.51. The Kier molecular flexibility index (Phi) is 6.77. The number of nitro benzene ring substituents is 2. The number of azo groups is 1. The van der Waals surface area contributed by atoms with Gasteiger partial charge in [-0.3, -0.25) is 29.8 Å². The number of rotatable bonds is 7. The van der Waals surface area contributed by atoms with Crippen LogP contribution in [0.3, 0.4) is 0 Å². The number of aromatic hydroxyl groups is 1. The monoisotopic (exact) mass is 500 g/mol. The van der Waals surface area contributed by atoms with Crippen molar-refractivity contribution in [3.8, 4) is 5.88 Å². The number of carbonyl (C=O) groups excluding carboxylic acids is 2. The summed E-state index contributed by atoms with van der Waals surface area (Å²) in [6, 6.07) is 17.0. The summed E-state index contributed by atoms with van der Waals surface area (Å²) in [7, 11) is 0. The molecule has 0 aliphatic carbocycles. The summed E-state index contributed by atoms with van der Waals surface area (Å²) in [5.74, 6) is -2.11. The van der Waals surface area contributed by atoms with E-state index in [4.69, 9.17) is 0 Å². The van der Waals surface area contributed by atoms with Crippen molar-refractivity contribution in [2.45, 2.75) is 0 Å². The van der Waals surface area contributed by atoms with Gasteiger partial charge in [0, 0.05) is 35.2 Å². The van der Waals surface area contributed by atoms with Gasteiger partial charge in [-0.05, 0) is 42.0 Å². The van der Waals surface area contributed by atoms with Gasteiger partial charge >= 0.3 is 5.91 Å². The SMILES string of the molecule is O=C(N=Nc1c(O)[nH]c2ccc([N+](=O)[O-])cc12)/C(=C/c1ccc([N+](=O)[O-])cc1)NC(=O)c1ccccc1. The van der Waals surface area contributed by atoms with E-state index in [1.807, 2.05) is 0 Å². The number of hydrogen-bond acceptors (Lipinski definition) is 8. The standard InChI is InChI=1S/C24H16N6O7/c31-22(15-4-2-1-3-5-15)26-20(12-14-6-8-16(9-7-14)29(34)35)23(32)28-27-21-18-13-17(30(36)37)10-11-19(18)25-24(21)33/h1-13,25,33H,(H,26,31)/b20-12-,28-27?. The van der Waals surface area contributed by atoms with Gasteiger partial charge in [-0.1, -0.05) is 18.2 Å². The van der Waals surface area contributed by atoms with Crippen LogP contribution in [0.15, 0.2) is 88.7 Å². The zero-order valence-electron chi connectivity index (χ0n) is 18.7. The largest absolute Gasteiger partial charge is 0.493 e. The quantitative estimate of drug-likeness (QED) is 0.141. The summed E-state index contributed by atoms with van der Waals surface area (Å²) >= 11 is 0. The lowest BCUT2D eigenvalue weighted by atomic mass is 10.1. The summed E-state index contributed by atoms with van der Waals surface area (Å²) < 4.78 is 0. The summed E-state index contributed by atoms with van der Waals surface area (Å²) in [4.78, 5) is 49.0. The Balaban J connectivity index is 1.69. The lowest BCUT2D eigenvalue weighted by Crippen LogP contribution is -2.26. The molecule has 0 spiro atoms. The van der Waals surface area contributed by atoms with Crippen molar-refractivity contribution in [1.29, 1.82) is 0 Å². The first-order valence-corrected chi connectivity index (χ1v) is 10.5. The van der Waals surface area contributed by atoms with Crippen LogP contribution in [-0.2, 0) is 4.79 Å². The van der Waals surface area contributed by atoms with Crippen molar-refractivity contribution in [2.75, 3.05) is 0 Å². The highest BCUT2D eigenvalue weighted by atomic mass is 16.6. The summed E-state index contributed by atoms with van der Waals surface area (Å²) in [5, 5.41) is 42.2. The number of nitrogens with one attached hydrogen (secondary N) is 2. The van der Waals surface area contributed by atoms with Gasteiger partial charge in [-0.25, -0.2) is 0 Å². The van der Waals surface area contributed by atoms with Crippen LogP contribution in [-0.4, -0.2) is 31.8 Å². The van der Waals surface area contributed by atoms with Crippen LogP contribution in [0.25, 0.3) is 17.0 Å². The fraction of sp³-hybridized carbons (Fsp3) is 0. The highest BCUT2D eigenvalue weighted by Crippen LogP contribution is 2.37. The molecule has 0 radical (unpaired) electrons. The van der Waals surface area contributed by atoms with E-state index in [9.17, 15) is 34.9 Å². The Labute approximate surface area is 207 Å². The second kappa shape index (κ2) is 10.3. The third-order valence-corrected chi connectivity index (χ3v) is 5.12. The first-order valence-electron chi connectivity index (χ1n) is 10.5. The van der Waals surface area contributed by atoms with E-state index in [1.165, 1.54) is 54.6 Å². The molecule has 0 fully saturated rings. The van der Waals surface area contributed by atoms with Crippen molar-refractivity contribution < 1.29 is 24.5 Å². The fourth-order valence-electron chi connectivity index (χ4n) is 3.31. The minimum absolute atomic E-state index is 0.150. The van der Waals surface area contributed by atoms with Gasteiger partial charge in [-0.2, -0.15) is 0 Å². The molecule has 0 saturated carbocycles. The summed E-state index contributed by atoms with van der Waals surface area (Å²) in [5.41, 5.74) is -0.0204. The van der Waals surface area contributed by atoms with E-state index < -0.39 is 27.5 Å². The zero-order valence-corrected chi connectivity index (χ0v) is 18.7. The molecule has 0 atom stereocenters. The fourth-order valence-corrected chi connectivity index (χ4v) is 3.31. The van der Waals surface area contributed by atoms with Crippen molar-refractivity contribution in [1.82, 2.24) is 10.3 Å². The van der Waals surface area contributed by atoms with E-state index >= 15 is 0 Å². The van der Waals surface area contributed by atoms with E-state index in [0.29, 0.717) is 11.1 Å². The lowest BCUT2D eigenvalue weighted by Gasteiger charge is -2.07. The molecule has 0 aliphatic heterocycles. The van der Waals surface area contributed by atoms with Crippen LogP contribution >= 0.6 is 0 Å². The van der Waals surface area contributed by atoms with Crippen molar-refractivity contribution in [2.24, 2.45) is 10.2 Å². The van der Waals surface area contributed by atoms with Crippen molar-refractivity contribution >= 4 is 45.9 Å². The average molecular weight is 500 g/mol. The number of benzene rings is 3. The Bertz CT molecular complexity index is 1590. The second-order valence-electron chi connectivity index (χ2n) is 7.54. The predicted octanol–water partition coefficient (Wildman–Crippen LogP) is 4.77. The van der Waals surface area contributed by atoms with E-state index in [0.717, 1.165) is 6.07 Å². The first-order chi connectivity index (χ1) is 17.7. The molecule has 184 valence electrons. The van der Waals surface area contributed by atoms with Crippen LogP contribution in [0.4, 0.5) is 17.1 Å². The minimum atomic E-state index is -1.01. The molecule has 13 nitrogen and oxygen atoms in total. The number of hydrogen-bond donors (Lipinski definition) is 3. The van der Waals surface area contributed by atoms with E-state index in [2.05, 4.69) is 20.5 Å². The highest BCUT2D eigenvalue weighted by Gasteiger charge is 2.18. The third-order valence-electron chi connectivity index (χ3n) is 5.12. The molecule has 3 N–H and O–H groups in total. The molecular weight excluding hydrogens is 484 g/mol. The number of fused-ring (bicyclic) bond motifs is 1. The number of carbonyl (C=O) groups is 2. The minimum Gasteiger partial charge on any atom is -0.493 e. The number of nitro groups is 2. The van der Waals surface area contributed by atoms with Crippen LogP contribution in [0.1, 0.15) is 15.9 Å². The van der Waals surface area contributed by atoms with Gasteiger partial charge in [-0.15, -0.1) is 10.2 Å². The lowest BCUT2D eigenvalue weighted by molar-refractivity contribution is -0.385. The van der Waals surface area contributed by atoms with Crippen LogP contribution in [0.5, 0.6) is 5.88 Å². The van der Waals surface area contributed by atoms with Crippen LogP contribution < -0.4 is 5.32 Å². The van der Waals surface area contributed by atoms with Gasteiger partial charge in [0.05, 0.1) is 15.4 Å². The molecule has 0 aliphatic rings. The number of amides is 2. The number of aromatic amines is 1. The number of aromatic nitrogens is 1. The normalized spacial score (nSPS) is 11.5. The Morgan fingerprint density at radius 3 is 2.22 bits per heavy atom. The number of non-ortho nitro benzene ring substituents is 2. The Morgan fingerprint density at radius 2 is 1.57 bits per heavy atom. The molecule has 0 saturated heterocycles. The molecule has 0 unspecified atom stereocenters. The van der Waals surface area contributed by atoms with Gasteiger partial charge in [0.2, 0.25) is 5.88 Å². The molecule has 4 rings (SSSR count). The number of nitrogens with zero attached hydrogens (tertiary/aromatic N) is 4. The molecule has 1 aromatic heterocycles. The Hall–Kier alpha value is -5.72. The van der Waals surface area contributed by atoms with Gasteiger partial charge in [0.15, 0.2) is 5.69 Å². The predicted molar refractivity (Wildman–Crippen MR) is 131 cm³/mol. The molecule has 0 bridgehead atoms. The first kappa shape index (κ1) is 24.4. The molecule has 1 heterocycles. The molecule has 3 aromatic carbocycles. The maximum Gasteiger partial charge on any atom is 0.311 e.